The SMILES string of the molecule is CCCCCC(CCCCCCCCCCO)S(=O)(=O)O. The van der Waals surface area contributed by atoms with E-state index in [0.29, 0.717) is 12.8 Å². The van der Waals surface area contributed by atoms with Gasteiger partial charge in [-0.15, -0.1) is 0 Å². The molecular weight excluding hydrogens is 288 g/mol. The Bertz CT molecular complexity index is 314. The van der Waals surface area contributed by atoms with E-state index in [1.807, 2.05) is 0 Å². The summed E-state index contributed by atoms with van der Waals surface area (Å²) in [4.78, 5) is 0. The molecule has 128 valence electrons. The Morgan fingerprint density at radius 3 is 1.62 bits per heavy atom. The number of hydrogen-bond donors (Lipinski definition) is 2. The highest BCUT2D eigenvalue weighted by Gasteiger charge is 2.21. The fraction of sp³-hybridized carbons (Fsp3) is 1.00. The van der Waals surface area contributed by atoms with Crippen LogP contribution in [0.15, 0.2) is 0 Å². The molecular formula is C16H34O4S. The average Bonchev–Trinajstić information content (AvgIpc) is 2.42. The molecule has 5 heteroatoms. The van der Waals surface area contributed by atoms with Gasteiger partial charge in [0.2, 0.25) is 0 Å². The van der Waals surface area contributed by atoms with E-state index in [1.165, 1.54) is 19.3 Å². The first-order chi connectivity index (χ1) is 10.0. The Kier molecular flexibility index (Phi) is 13.4. The fourth-order valence-electron chi connectivity index (χ4n) is 2.61. The third-order valence-corrected chi connectivity index (χ3v) is 5.30. The summed E-state index contributed by atoms with van der Waals surface area (Å²) in [6, 6.07) is 0. The molecule has 0 spiro atoms. The third kappa shape index (κ3) is 13.3. The summed E-state index contributed by atoms with van der Waals surface area (Å²) in [5.41, 5.74) is 0. The minimum Gasteiger partial charge on any atom is -0.396 e. The van der Waals surface area contributed by atoms with Crippen LogP contribution in [0.25, 0.3) is 0 Å². The lowest BCUT2D eigenvalue weighted by Gasteiger charge is -2.13. The van der Waals surface area contributed by atoms with Crippen molar-refractivity contribution >= 4 is 10.1 Å². The van der Waals surface area contributed by atoms with E-state index in [0.717, 1.165) is 51.4 Å². The van der Waals surface area contributed by atoms with Crippen molar-refractivity contribution < 1.29 is 18.1 Å². The topological polar surface area (TPSA) is 74.6 Å². The van der Waals surface area contributed by atoms with Crippen molar-refractivity contribution in [3.8, 4) is 0 Å². The second-order valence-electron chi connectivity index (χ2n) is 5.97. The molecule has 1 unspecified atom stereocenters. The summed E-state index contributed by atoms with van der Waals surface area (Å²) < 4.78 is 31.9. The van der Waals surface area contributed by atoms with E-state index in [4.69, 9.17) is 5.11 Å². The van der Waals surface area contributed by atoms with Gasteiger partial charge in [0, 0.05) is 6.61 Å². The average molecular weight is 323 g/mol. The highest BCUT2D eigenvalue weighted by atomic mass is 32.2. The molecule has 0 heterocycles. The van der Waals surface area contributed by atoms with E-state index in [2.05, 4.69) is 6.92 Å². The predicted octanol–water partition coefficient (Wildman–Crippen LogP) is 4.33. The number of aliphatic hydroxyl groups excluding tert-OH is 1. The van der Waals surface area contributed by atoms with Crippen LogP contribution in [0.5, 0.6) is 0 Å². The molecule has 0 amide bonds. The number of unbranched alkanes of at least 4 members (excludes halogenated alkanes) is 9. The Balaban J connectivity index is 3.64. The number of rotatable bonds is 15. The van der Waals surface area contributed by atoms with Gasteiger partial charge in [-0.3, -0.25) is 4.55 Å². The summed E-state index contributed by atoms with van der Waals surface area (Å²) in [5.74, 6) is 0. The number of hydrogen-bond acceptors (Lipinski definition) is 3. The van der Waals surface area contributed by atoms with Crippen LogP contribution >= 0.6 is 0 Å². The van der Waals surface area contributed by atoms with Gasteiger partial charge in [0.25, 0.3) is 10.1 Å². The maximum atomic E-state index is 11.3. The Morgan fingerprint density at radius 1 is 0.762 bits per heavy atom. The second-order valence-corrected chi connectivity index (χ2v) is 7.67. The lowest BCUT2D eigenvalue weighted by atomic mass is 10.0. The molecule has 0 aromatic rings. The van der Waals surface area contributed by atoms with Crippen LogP contribution in [0.1, 0.15) is 90.4 Å². The lowest BCUT2D eigenvalue weighted by molar-refractivity contribution is 0.282. The quantitative estimate of drug-likeness (QED) is 0.348. The molecule has 21 heavy (non-hydrogen) atoms. The van der Waals surface area contributed by atoms with Gasteiger partial charge < -0.3 is 5.11 Å². The van der Waals surface area contributed by atoms with Crippen LogP contribution in [0.4, 0.5) is 0 Å². The normalized spacial score (nSPS) is 13.5. The van der Waals surface area contributed by atoms with Crippen molar-refractivity contribution in [1.82, 2.24) is 0 Å². The first kappa shape index (κ1) is 20.9. The van der Waals surface area contributed by atoms with Gasteiger partial charge in [0.15, 0.2) is 0 Å². The summed E-state index contributed by atoms with van der Waals surface area (Å²) in [5, 5.41) is 8.10. The van der Waals surface area contributed by atoms with Gasteiger partial charge in [0.1, 0.15) is 0 Å². The van der Waals surface area contributed by atoms with E-state index in [-0.39, 0.29) is 6.61 Å². The van der Waals surface area contributed by atoms with Crippen LogP contribution in [0.3, 0.4) is 0 Å². The molecule has 0 radical (unpaired) electrons. The van der Waals surface area contributed by atoms with Gasteiger partial charge in [-0.25, -0.2) is 0 Å². The van der Waals surface area contributed by atoms with Crippen LogP contribution in [0.2, 0.25) is 0 Å². The first-order valence-electron chi connectivity index (χ1n) is 8.59. The van der Waals surface area contributed by atoms with E-state index >= 15 is 0 Å². The lowest BCUT2D eigenvalue weighted by Crippen LogP contribution is -2.20. The number of aliphatic hydroxyl groups is 1. The summed E-state index contributed by atoms with van der Waals surface area (Å²) in [6.07, 6.45) is 12.7. The van der Waals surface area contributed by atoms with E-state index in [1.54, 1.807) is 0 Å². The second kappa shape index (κ2) is 13.5. The van der Waals surface area contributed by atoms with E-state index in [9.17, 15) is 13.0 Å². The molecule has 0 aliphatic heterocycles. The van der Waals surface area contributed by atoms with Gasteiger partial charge in [0.05, 0.1) is 5.25 Å². The molecule has 0 rings (SSSR count). The van der Waals surface area contributed by atoms with Gasteiger partial charge in [-0.05, 0) is 19.3 Å². The van der Waals surface area contributed by atoms with Crippen LogP contribution in [0, 0.1) is 0 Å². The Labute approximate surface area is 131 Å². The zero-order valence-electron chi connectivity index (χ0n) is 13.6. The Hall–Kier alpha value is -0.130. The minimum absolute atomic E-state index is 0.287. The van der Waals surface area contributed by atoms with Crippen molar-refractivity contribution in [1.29, 1.82) is 0 Å². The van der Waals surface area contributed by atoms with Crippen molar-refractivity contribution in [3.05, 3.63) is 0 Å². The van der Waals surface area contributed by atoms with E-state index < -0.39 is 15.4 Å². The van der Waals surface area contributed by atoms with Crippen LogP contribution < -0.4 is 0 Å². The first-order valence-corrected chi connectivity index (χ1v) is 10.1. The minimum atomic E-state index is -3.88. The molecule has 0 aromatic carbocycles. The van der Waals surface area contributed by atoms with Crippen LogP contribution in [-0.4, -0.2) is 29.9 Å². The fourth-order valence-corrected chi connectivity index (χ4v) is 3.54. The molecule has 0 bridgehead atoms. The monoisotopic (exact) mass is 322 g/mol. The van der Waals surface area contributed by atoms with Crippen molar-refractivity contribution in [3.63, 3.8) is 0 Å². The summed E-state index contributed by atoms with van der Waals surface area (Å²) in [7, 11) is -3.88. The smallest absolute Gasteiger partial charge is 0.267 e. The van der Waals surface area contributed by atoms with Crippen molar-refractivity contribution in [2.75, 3.05) is 6.61 Å². The maximum absolute atomic E-state index is 11.3. The molecule has 0 aromatic heterocycles. The summed E-state index contributed by atoms with van der Waals surface area (Å²) in [6.45, 7) is 2.37. The zero-order chi connectivity index (χ0) is 16.0. The highest BCUT2D eigenvalue weighted by Crippen LogP contribution is 2.18. The molecule has 0 saturated carbocycles. The molecule has 4 nitrogen and oxygen atoms in total. The highest BCUT2D eigenvalue weighted by molar-refractivity contribution is 7.86. The molecule has 0 saturated heterocycles. The summed E-state index contributed by atoms with van der Waals surface area (Å²) >= 11 is 0. The van der Waals surface area contributed by atoms with Gasteiger partial charge in [-0.2, -0.15) is 8.42 Å². The third-order valence-electron chi connectivity index (χ3n) is 3.99. The zero-order valence-corrected chi connectivity index (χ0v) is 14.4. The predicted molar refractivity (Wildman–Crippen MR) is 88.1 cm³/mol. The molecule has 0 fully saturated rings. The largest absolute Gasteiger partial charge is 0.396 e. The van der Waals surface area contributed by atoms with Gasteiger partial charge in [-0.1, -0.05) is 71.1 Å². The standard InChI is InChI=1S/C16H34O4S/c1-2-3-10-13-16(21(18,19)20)14-11-8-6-4-5-7-9-12-15-17/h16-17H,2-15H2,1H3,(H,18,19,20). The molecule has 0 aliphatic carbocycles. The molecule has 1 atom stereocenters. The van der Waals surface area contributed by atoms with Crippen LogP contribution in [-0.2, 0) is 10.1 Å². The molecule has 2 N–H and O–H groups in total. The van der Waals surface area contributed by atoms with Crippen molar-refractivity contribution in [2.24, 2.45) is 0 Å². The van der Waals surface area contributed by atoms with Gasteiger partial charge >= 0.3 is 0 Å². The maximum Gasteiger partial charge on any atom is 0.267 e. The van der Waals surface area contributed by atoms with Crippen molar-refractivity contribution in [2.45, 2.75) is 95.6 Å². The molecule has 0 aliphatic rings. The Morgan fingerprint density at radius 2 is 1.19 bits per heavy atom.